The molecule has 1 aromatic heterocycles. The third kappa shape index (κ3) is 7.33. The zero-order valence-corrected chi connectivity index (χ0v) is 19.4. The molecule has 0 radical (unpaired) electrons. The van der Waals surface area contributed by atoms with Gasteiger partial charge < -0.3 is 14.6 Å². The third-order valence-electron chi connectivity index (χ3n) is 4.54. The van der Waals surface area contributed by atoms with E-state index in [1.54, 1.807) is 23.1 Å². The minimum absolute atomic E-state index is 0.143. The van der Waals surface area contributed by atoms with E-state index in [0.717, 1.165) is 12.8 Å². The molecule has 30 heavy (non-hydrogen) atoms. The van der Waals surface area contributed by atoms with Crippen molar-refractivity contribution in [2.75, 3.05) is 13.1 Å². The summed E-state index contributed by atoms with van der Waals surface area (Å²) in [5.74, 6) is 0.683. The molecule has 1 heterocycles. The van der Waals surface area contributed by atoms with Gasteiger partial charge in [0.1, 0.15) is 6.26 Å². The van der Waals surface area contributed by atoms with Gasteiger partial charge in [-0.2, -0.15) is 0 Å². The Morgan fingerprint density at radius 1 is 1.13 bits per heavy atom. The number of halogens is 2. The van der Waals surface area contributed by atoms with Gasteiger partial charge in [0.15, 0.2) is 5.69 Å². The van der Waals surface area contributed by atoms with Crippen molar-refractivity contribution in [2.24, 2.45) is 11.8 Å². The van der Waals surface area contributed by atoms with Crippen LogP contribution in [0.3, 0.4) is 0 Å². The maximum Gasteiger partial charge on any atom is 0.273 e. The third-order valence-corrected chi connectivity index (χ3v) is 5.09. The molecule has 1 N–H and O–H groups in total. The Bertz CT molecular complexity index is 865. The van der Waals surface area contributed by atoms with Crippen molar-refractivity contribution in [3.05, 3.63) is 51.7 Å². The summed E-state index contributed by atoms with van der Waals surface area (Å²) in [7, 11) is 0. The Balaban J connectivity index is 2.12. The Kier molecular flexibility index (Phi) is 9.18. The Morgan fingerprint density at radius 3 is 2.47 bits per heavy atom. The van der Waals surface area contributed by atoms with E-state index in [0.29, 0.717) is 46.4 Å². The number of amides is 2. The van der Waals surface area contributed by atoms with Crippen LogP contribution in [-0.4, -0.2) is 34.8 Å². The lowest BCUT2D eigenvalue weighted by molar-refractivity contribution is 0.0720. The molecule has 2 aromatic rings. The van der Waals surface area contributed by atoms with Crippen molar-refractivity contribution in [1.82, 2.24) is 15.2 Å². The van der Waals surface area contributed by atoms with Gasteiger partial charge in [-0.1, -0.05) is 50.9 Å². The van der Waals surface area contributed by atoms with E-state index in [1.807, 2.05) is 0 Å². The van der Waals surface area contributed by atoms with Gasteiger partial charge in [-0.05, 0) is 42.9 Å². The Morgan fingerprint density at radius 2 is 1.83 bits per heavy atom. The fourth-order valence-corrected chi connectivity index (χ4v) is 3.21. The molecule has 2 rings (SSSR count). The average molecular weight is 454 g/mol. The van der Waals surface area contributed by atoms with E-state index in [2.05, 4.69) is 38.0 Å². The summed E-state index contributed by atoms with van der Waals surface area (Å²) < 4.78 is 5.47. The number of hydrogen-bond acceptors (Lipinski definition) is 4. The monoisotopic (exact) mass is 453 g/mol. The minimum Gasteiger partial charge on any atom is -0.446 e. The van der Waals surface area contributed by atoms with Gasteiger partial charge in [0.05, 0.1) is 17.1 Å². The second kappa shape index (κ2) is 11.4. The van der Waals surface area contributed by atoms with E-state index >= 15 is 0 Å². The lowest BCUT2D eigenvalue weighted by atomic mass is 10.1. The number of aromatic nitrogens is 1. The molecule has 0 unspecified atom stereocenters. The van der Waals surface area contributed by atoms with E-state index in [1.165, 1.54) is 6.26 Å². The maximum atomic E-state index is 13.1. The number of carbonyl (C=O) groups is 2. The molecule has 0 aliphatic heterocycles. The van der Waals surface area contributed by atoms with Crippen LogP contribution >= 0.6 is 23.2 Å². The molecule has 0 saturated carbocycles. The number of oxazole rings is 1. The molecule has 0 aliphatic carbocycles. The number of nitrogens with one attached hydrogen (secondary N) is 1. The van der Waals surface area contributed by atoms with Gasteiger partial charge in [0, 0.05) is 18.1 Å². The highest BCUT2D eigenvalue weighted by Gasteiger charge is 2.22. The molecular weight excluding hydrogens is 425 g/mol. The van der Waals surface area contributed by atoms with Crippen molar-refractivity contribution in [3.63, 3.8) is 0 Å². The zero-order chi connectivity index (χ0) is 22.3. The minimum atomic E-state index is -0.286. The second-order valence-electron chi connectivity index (χ2n) is 8.10. The Labute approximate surface area is 187 Å². The van der Waals surface area contributed by atoms with Crippen LogP contribution in [0.25, 0.3) is 0 Å². The predicted octanol–water partition coefficient (Wildman–Crippen LogP) is 5.45. The largest absolute Gasteiger partial charge is 0.446 e. The predicted molar refractivity (Wildman–Crippen MR) is 119 cm³/mol. The number of benzene rings is 1. The van der Waals surface area contributed by atoms with Gasteiger partial charge in [0.25, 0.3) is 11.8 Å². The summed E-state index contributed by atoms with van der Waals surface area (Å²) in [4.78, 5) is 31.2. The highest BCUT2D eigenvalue weighted by Crippen LogP contribution is 2.23. The number of carbonyl (C=O) groups excluding carboxylic acids is 2. The first-order valence-electron chi connectivity index (χ1n) is 10.1. The van der Waals surface area contributed by atoms with E-state index in [9.17, 15) is 9.59 Å². The van der Waals surface area contributed by atoms with E-state index < -0.39 is 0 Å². The maximum absolute atomic E-state index is 13.1. The average Bonchev–Trinajstić information content (AvgIpc) is 3.13. The lowest BCUT2D eigenvalue weighted by Gasteiger charge is -2.22. The SMILES string of the molecule is CC(C)CCNC(=O)c1coc(CN(CCC(C)C)C(=O)c2ccc(Cl)cc2Cl)n1. The topological polar surface area (TPSA) is 75.4 Å². The van der Waals surface area contributed by atoms with Gasteiger partial charge >= 0.3 is 0 Å². The molecule has 0 atom stereocenters. The standard InChI is InChI=1S/C22H29Cl2N3O3/c1-14(2)7-9-25-21(28)19-13-30-20(26-19)12-27(10-8-15(3)4)22(29)17-6-5-16(23)11-18(17)24/h5-6,11,13-15H,7-10,12H2,1-4H3,(H,25,28). The van der Waals surface area contributed by atoms with Crippen LogP contribution in [0.15, 0.2) is 28.9 Å². The smallest absolute Gasteiger partial charge is 0.273 e. The summed E-state index contributed by atoms with van der Waals surface area (Å²) in [6.45, 7) is 9.59. The zero-order valence-electron chi connectivity index (χ0n) is 17.9. The molecule has 0 bridgehead atoms. The first-order chi connectivity index (χ1) is 14.2. The van der Waals surface area contributed by atoms with Crippen molar-refractivity contribution >= 4 is 35.0 Å². The quantitative estimate of drug-likeness (QED) is 0.518. The Hall–Kier alpha value is -2.05. The molecule has 0 saturated heterocycles. The van der Waals surface area contributed by atoms with Crippen LogP contribution < -0.4 is 5.32 Å². The van der Waals surface area contributed by atoms with Crippen molar-refractivity contribution in [3.8, 4) is 0 Å². The van der Waals surface area contributed by atoms with Gasteiger partial charge in [-0.3, -0.25) is 9.59 Å². The molecule has 164 valence electrons. The highest BCUT2D eigenvalue weighted by molar-refractivity contribution is 6.36. The fourth-order valence-electron chi connectivity index (χ4n) is 2.72. The molecular formula is C22H29Cl2N3O3. The van der Waals surface area contributed by atoms with Crippen LogP contribution in [0, 0.1) is 11.8 Å². The first-order valence-corrected chi connectivity index (χ1v) is 10.9. The summed E-state index contributed by atoms with van der Waals surface area (Å²) in [6.07, 6.45) is 3.01. The summed E-state index contributed by atoms with van der Waals surface area (Å²) >= 11 is 12.2. The summed E-state index contributed by atoms with van der Waals surface area (Å²) in [6, 6.07) is 4.78. The molecule has 0 fully saturated rings. The van der Waals surface area contributed by atoms with Crippen LogP contribution in [0.1, 0.15) is 67.3 Å². The molecule has 2 amide bonds. The normalized spacial score (nSPS) is 11.2. The van der Waals surface area contributed by atoms with Crippen LogP contribution in [0.5, 0.6) is 0 Å². The van der Waals surface area contributed by atoms with E-state index in [4.69, 9.17) is 27.6 Å². The molecule has 0 aliphatic rings. The second-order valence-corrected chi connectivity index (χ2v) is 8.94. The number of rotatable bonds is 10. The van der Waals surface area contributed by atoms with Gasteiger partial charge in [0.2, 0.25) is 5.89 Å². The van der Waals surface area contributed by atoms with Crippen LogP contribution in [0.2, 0.25) is 10.0 Å². The van der Waals surface area contributed by atoms with Crippen molar-refractivity contribution in [1.29, 1.82) is 0 Å². The molecule has 6 nitrogen and oxygen atoms in total. The highest BCUT2D eigenvalue weighted by atomic mass is 35.5. The van der Waals surface area contributed by atoms with Gasteiger partial charge in [-0.15, -0.1) is 0 Å². The van der Waals surface area contributed by atoms with Crippen molar-refractivity contribution < 1.29 is 14.0 Å². The fraction of sp³-hybridized carbons (Fsp3) is 0.500. The van der Waals surface area contributed by atoms with Crippen LogP contribution in [-0.2, 0) is 6.54 Å². The molecule has 8 heteroatoms. The van der Waals surface area contributed by atoms with E-state index in [-0.39, 0.29) is 24.1 Å². The number of nitrogens with zero attached hydrogens (tertiary/aromatic N) is 2. The summed E-state index contributed by atoms with van der Waals surface area (Å²) in [5.41, 5.74) is 0.567. The molecule has 0 spiro atoms. The number of hydrogen-bond donors (Lipinski definition) is 1. The van der Waals surface area contributed by atoms with Gasteiger partial charge in [-0.25, -0.2) is 4.98 Å². The first kappa shape index (κ1) is 24.2. The van der Waals surface area contributed by atoms with Crippen molar-refractivity contribution in [2.45, 2.75) is 47.1 Å². The molecule has 1 aromatic carbocycles. The summed E-state index contributed by atoms with van der Waals surface area (Å²) in [5, 5.41) is 3.58. The lowest BCUT2D eigenvalue weighted by Crippen LogP contribution is -2.32. The van der Waals surface area contributed by atoms with Crippen LogP contribution in [0.4, 0.5) is 0 Å².